The molecule has 0 atom stereocenters. The number of hydrogen-bond acceptors (Lipinski definition) is 1. The quantitative estimate of drug-likeness (QED) is 0.677. The molecule has 1 N–H and O–H groups in total. The molecule has 0 aliphatic rings. The maximum absolute atomic E-state index is 12.1. The molecule has 12 heavy (non-hydrogen) atoms. The summed E-state index contributed by atoms with van der Waals surface area (Å²) in [5.41, 5.74) is 0. The van der Waals surface area contributed by atoms with Gasteiger partial charge in [-0.3, -0.25) is 5.09 Å². The van der Waals surface area contributed by atoms with Crippen LogP contribution in [0.1, 0.15) is 27.7 Å². The van der Waals surface area contributed by atoms with Gasteiger partial charge in [-0.15, -0.1) is 0 Å². The van der Waals surface area contributed by atoms with E-state index in [0.717, 1.165) is 12.3 Å². The molecular weight excluding hydrogens is 169 g/mol. The SMILES string of the molecule is CNP(=O)(CC(C)C)CC(C)C. The summed E-state index contributed by atoms with van der Waals surface area (Å²) in [5.74, 6) is 1.03. The Morgan fingerprint density at radius 1 is 1.08 bits per heavy atom. The normalized spacial score (nSPS) is 12.9. The highest BCUT2D eigenvalue weighted by molar-refractivity contribution is 7.61. The van der Waals surface area contributed by atoms with Crippen molar-refractivity contribution in [3.8, 4) is 0 Å². The average Bonchev–Trinajstić information content (AvgIpc) is 1.83. The standard InChI is InChI=1S/C9H22NOP/c1-8(2)6-12(11,10-5)7-9(3)4/h8-9H,6-7H2,1-5H3,(H,10,11). The third kappa shape index (κ3) is 4.95. The van der Waals surface area contributed by atoms with Crippen molar-refractivity contribution in [3.63, 3.8) is 0 Å². The van der Waals surface area contributed by atoms with E-state index >= 15 is 0 Å². The highest BCUT2D eigenvalue weighted by atomic mass is 31.2. The molecule has 0 rings (SSSR count). The fourth-order valence-corrected chi connectivity index (χ4v) is 4.31. The lowest BCUT2D eigenvalue weighted by Gasteiger charge is -2.20. The Labute approximate surface area is 76.6 Å². The lowest BCUT2D eigenvalue weighted by Crippen LogP contribution is -2.15. The van der Waals surface area contributed by atoms with Crippen LogP contribution in [0, 0.1) is 11.8 Å². The van der Waals surface area contributed by atoms with E-state index in [-0.39, 0.29) is 0 Å². The van der Waals surface area contributed by atoms with Gasteiger partial charge in [0.25, 0.3) is 0 Å². The number of hydrogen-bond donors (Lipinski definition) is 1. The summed E-state index contributed by atoms with van der Waals surface area (Å²) in [5, 5.41) is 3.00. The first-order valence-corrected chi connectivity index (χ1v) is 6.74. The van der Waals surface area contributed by atoms with Crippen molar-refractivity contribution in [1.29, 1.82) is 0 Å². The molecule has 74 valence electrons. The minimum Gasteiger partial charge on any atom is -0.307 e. The Balaban J connectivity index is 4.15. The average molecular weight is 191 g/mol. The molecule has 0 aromatic rings. The van der Waals surface area contributed by atoms with Crippen LogP contribution in [0.5, 0.6) is 0 Å². The van der Waals surface area contributed by atoms with E-state index in [1.807, 2.05) is 7.05 Å². The molecule has 0 radical (unpaired) electrons. The van der Waals surface area contributed by atoms with E-state index < -0.39 is 7.29 Å². The second kappa shape index (κ2) is 5.04. The van der Waals surface area contributed by atoms with Crippen molar-refractivity contribution in [2.24, 2.45) is 11.8 Å². The van der Waals surface area contributed by atoms with Crippen LogP contribution in [0.2, 0.25) is 0 Å². The molecule has 2 nitrogen and oxygen atoms in total. The van der Waals surface area contributed by atoms with E-state index in [2.05, 4.69) is 32.8 Å². The molecule has 0 aromatic heterocycles. The summed E-state index contributed by atoms with van der Waals surface area (Å²) < 4.78 is 12.1. The van der Waals surface area contributed by atoms with Crippen LogP contribution in [-0.2, 0) is 4.57 Å². The van der Waals surface area contributed by atoms with Crippen LogP contribution in [0.15, 0.2) is 0 Å². The van der Waals surface area contributed by atoms with Crippen LogP contribution in [0.25, 0.3) is 0 Å². The second-order valence-corrected chi connectivity index (χ2v) is 7.22. The van der Waals surface area contributed by atoms with Gasteiger partial charge in [0.05, 0.1) is 0 Å². The number of nitrogens with one attached hydrogen (secondary N) is 1. The van der Waals surface area contributed by atoms with Gasteiger partial charge < -0.3 is 4.57 Å². The molecule has 0 saturated carbocycles. The van der Waals surface area contributed by atoms with Gasteiger partial charge >= 0.3 is 0 Å². The molecule has 0 heterocycles. The molecule has 0 aromatic carbocycles. The lowest BCUT2D eigenvalue weighted by molar-refractivity contribution is 0.549. The maximum atomic E-state index is 12.1. The van der Waals surface area contributed by atoms with Gasteiger partial charge in [-0.1, -0.05) is 27.7 Å². The molecule has 3 heteroatoms. The predicted molar refractivity (Wildman–Crippen MR) is 56.1 cm³/mol. The minimum atomic E-state index is -2.06. The van der Waals surface area contributed by atoms with Crippen molar-refractivity contribution in [3.05, 3.63) is 0 Å². The van der Waals surface area contributed by atoms with E-state index in [1.54, 1.807) is 0 Å². The Morgan fingerprint density at radius 2 is 1.42 bits per heavy atom. The monoisotopic (exact) mass is 191 g/mol. The van der Waals surface area contributed by atoms with Gasteiger partial charge in [0.1, 0.15) is 7.29 Å². The van der Waals surface area contributed by atoms with Crippen LogP contribution in [-0.4, -0.2) is 19.4 Å². The lowest BCUT2D eigenvalue weighted by atomic mass is 10.3. The van der Waals surface area contributed by atoms with Crippen LogP contribution >= 0.6 is 7.29 Å². The predicted octanol–water partition coefficient (Wildman–Crippen LogP) is 2.80. The fourth-order valence-electron chi connectivity index (χ4n) is 1.44. The smallest absolute Gasteiger partial charge is 0.148 e. The van der Waals surface area contributed by atoms with Crippen molar-refractivity contribution in [2.45, 2.75) is 27.7 Å². The van der Waals surface area contributed by atoms with Gasteiger partial charge in [0.15, 0.2) is 0 Å². The molecule has 0 bridgehead atoms. The number of rotatable bonds is 5. The Hall–Kier alpha value is 0.190. The first kappa shape index (κ1) is 12.2. The Morgan fingerprint density at radius 3 is 1.58 bits per heavy atom. The van der Waals surface area contributed by atoms with Gasteiger partial charge in [-0.2, -0.15) is 0 Å². The fraction of sp³-hybridized carbons (Fsp3) is 1.00. The zero-order valence-electron chi connectivity index (χ0n) is 8.92. The summed E-state index contributed by atoms with van der Waals surface area (Å²) in [6.07, 6.45) is 1.64. The van der Waals surface area contributed by atoms with Gasteiger partial charge in [-0.05, 0) is 18.9 Å². The summed E-state index contributed by atoms with van der Waals surface area (Å²) in [6, 6.07) is 0. The van der Waals surface area contributed by atoms with Crippen LogP contribution in [0.4, 0.5) is 0 Å². The molecule has 0 spiro atoms. The first-order valence-electron chi connectivity index (χ1n) is 4.66. The highest BCUT2D eigenvalue weighted by Gasteiger charge is 2.21. The summed E-state index contributed by atoms with van der Waals surface area (Å²) in [6.45, 7) is 8.46. The zero-order chi connectivity index (χ0) is 9.78. The van der Waals surface area contributed by atoms with Gasteiger partial charge in [-0.25, -0.2) is 0 Å². The van der Waals surface area contributed by atoms with Crippen molar-refractivity contribution in [1.82, 2.24) is 5.09 Å². The summed E-state index contributed by atoms with van der Waals surface area (Å²) in [7, 11) is -0.251. The van der Waals surface area contributed by atoms with Crippen molar-refractivity contribution >= 4 is 7.29 Å². The molecule has 0 amide bonds. The molecule has 0 fully saturated rings. The molecule has 0 aliphatic carbocycles. The Kier molecular flexibility index (Phi) is 5.12. The van der Waals surface area contributed by atoms with Crippen LogP contribution in [0.3, 0.4) is 0 Å². The Bertz CT molecular complexity index is 152. The molecule has 0 aliphatic heterocycles. The maximum Gasteiger partial charge on any atom is 0.148 e. The minimum absolute atomic E-state index is 0.516. The van der Waals surface area contributed by atoms with Gasteiger partial charge in [0.2, 0.25) is 0 Å². The molecule has 0 unspecified atom stereocenters. The topological polar surface area (TPSA) is 29.1 Å². The first-order chi connectivity index (χ1) is 5.39. The van der Waals surface area contributed by atoms with E-state index in [0.29, 0.717) is 11.8 Å². The zero-order valence-corrected chi connectivity index (χ0v) is 9.82. The summed E-state index contributed by atoms with van der Waals surface area (Å²) in [4.78, 5) is 0. The van der Waals surface area contributed by atoms with E-state index in [4.69, 9.17) is 0 Å². The highest BCUT2D eigenvalue weighted by Crippen LogP contribution is 2.43. The van der Waals surface area contributed by atoms with Crippen molar-refractivity contribution in [2.75, 3.05) is 19.4 Å². The third-order valence-corrected chi connectivity index (χ3v) is 5.18. The molecular formula is C9H22NOP. The third-order valence-electron chi connectivity index (χ3n) is 1.73. The summed E-state index contributed by atoms with van der Waals surface area (Å²) >= 11 is 0. The van der Waals surface area contributed by atoms with E-state index in [9.17, 15) is 4.57 Å². The second-order valence-electron chi connectivity index (χ2n) is 4.27. The van der Waals surface area contributed by atoms with Crippen LogP contribution < -0.4 is 5.09 Å². The largest absolute Gasteiger partial charge is 0.307 e. The van der Waals surface area contributed by atoms with E-state index in [1.165, 1.54) is 0 Å². The molecule has 0 saturated heterocycles. The van der Waals surface area contributed by atoms with Crippen molar-refractivity contribution < 1.29 is 4.57 Å². The van der Waals surface area contributed by atoms with Gasteiger partial charge in [0, 0.05) is 12.3 Å².